The van der Waals surface area contributed by atoms with Gasteiger partial charge in [-0.25, -0.2) is 4.39 Å². The predicted molar refractivity (Wildman–Crippen MR) is 104 cm³/mol. The third-order valence-corrected chi connectivity index (χ3v) is 5.98. The van der Waals surface area contributed by atoms with Crippen molar-refractivity contribution in [3.8, 4) is 0 Å². The monoisotopic (exact) mass is 428 g/mol. The van der Waals surface area contributed by atoms with Crippen molar-refractivity contribution in [1.82, 2.24) is 10.2 Å². The highest BCUT2D eigenvalue weighted by molar-refractivity contribution is 5.86. The highest BCUT2D eigenvalue weighted by Crippen LogP contribution is 2.60. The molecule has 1 saturated carbocycles. The Morgan fingerprint density at radius 2 is 1.77 bits per heavy atom. The average Bonchev–Trinajstić information content (AvgIpc) is 3.28. The Kier molecular flexibility index (Phi) is 6.02. The van der Waals surface area contributed by atoms with E-state index in [0.717, 1.165) is 31.4 Å². The SMILES string of the molecule is CC(C)(C)NC(=O)CN1CCC2(CC1)CC2C(=O)Cc1cc(F)cc(C(F)(F)F)c1. The number of Topliss-reactive ketones (excluding diaryl/α,β-unsaturated/α-hetero) is 1. The van der Waals surface area contributed by atoms with Crippen LogP contribution in [0.25, 0.3) is 0 Å². The number of nitrogens with one attached hydrogen (secondary N) is 1. The van der Waals surface area contributed by atoms with E-state index < -0.39 is 17.6 Å². The summed E-state index contributed by atoms with van der Waals surface area (Å²) in [6, 6.07) is 2.29. The van der Waals surface area contributed by atoms with Crippen LogP contribution in [0.3, 0.4) is 0 Å². The van der Waals surface area contributed by atoms with Gasteiger partial charge in [-0.1, -0.05) is 0 Å². The van der Waals surface area contributed by atoms with Crippen molar-refractivity contribution >= 4 is 11.7 Å². The Morgan fingerprint density at radius 3 is 2.33 bits per heavy atom. The number of piperidine rings is 1. The summed E-state index contributed by atoms with van der Waals surface area (Å²) in [5.74, 6) is -1.35. The number of alkyl halides is 3. The second-order valence-electron chi connectivity index (χ2n) is 9.68. The molecule has 1 spiro atoms. The molecule has 8 heteroatoms. The van der Waals surface area contributed by atoms with Gasteiger partial charge in [-0.05, 0) is 82.3 Å². The van der Waals surface area contributed by atoms with Crippen LogP contribution in [0.5, 0.6) is 0 Å². The zero-order valence-corrected chi connectivity index (χ0v) is 17.5. The molecule has 4 nitrogen and oxygen atoms in total. The van der Waals surface area contributed by atoms with Crippen molar-refractivity contribution in [2.24, 2.45) is 11.3 Å². The molecule has 1 aromatic rings. The van der Waals surface area contributed by atoms with Crippen LogP contribution in [0, 0.1) is 17.2 Å². The minimum absolute atomic E-state index is 0.0338. The number of rotatable bonds is 5. The lowest BCUT2D eigenvalue weighted by molar-refractivity contribution is -0.138. The highest BCUT2D eigenvalue weighted by atomic mass is 19.4. The molecule has 0 aromatic heterocycles. The largest absolute Gasteiger partial charge is 0.416 e. The summed E-state index contributed by atoms with van der Waals surface area (Å²) in [6.45, 7) is 7.50. The van der Waals surface area contributed by atoms with E-state index in [2.05, 4.69) is 10.2 Å². The van der Waals surface area contributed by atoms with Crippen molar-refractivity contribution < 1.29 is 27.2 Å². The van der Waals surface area contributed by atoms with Crippen LogP contribution in [0.2, 0.25) is 0 Å². The molecule has 1 aliphatic carbocycles. The lowest BCUT2D eigenvalue weighted by Gasteiger charge is -2.33. The fourth-order valence-electron chi connectivity index (χ4n) is 4.41. The van der Waals surface area contributed by atoms with Crippen LogP contribution >= 0.6 is 0 Å². The molecular formula is C22H28F4N2O2. The third kappa shape index (κ3) is 5.59. The maximum atomic E-state index is 13.6. The quantitative estimate of drug-likeness (QED) is 0.722. The third-order valence-electron chi connectivity index (χ3n) is 5.98. The minimum Gasteiger partial charge on any atom is -0.350 e. The number of halogens is 4. The van der Waals surface area contributed by atoms with E-state index in [1.165, 1.54) is 0 Å². The van der Waals surface area contributed by atoms with Gasteiger partial charge in [0.05, 0.1) is 12.1 Å². The molecule has 2 fully saturated rings. The zero-order chi connectivity index (χ0) is 22.3. The second-order valence-corrected chi connectivity index (χ2v) is 9.68. The molecule has 1 aromatic carbocycles. The summed E-state index contributed by atoms with van der Waals surface area (Å²) in [5, 5.41) is 2.93. The Hall–Kier alpha value is -1.96. The molecule has 1 heterocycles. The first kappa shape index (κ1) is 22.7. The van der Waals surface area contributed by atoms with Crippen molar-refractivity contribution in [3.63, 3.8) is 0 Å². The fraction of sp³-hybridized carbons (Fsp3) is 0.636. The molecule has 1 amide bonds. The maximum absolute atomic E-state index is 13.6. The van der Waals surface area contributed by atoms with Gasteiger partial charge in [-0.2, -0.15) is 13.2 Å². The Bertz CT molecular complexity index is 821. The van der Waals surface area contributed by atoms with Crippen LogP contribution < -0.4 is 5.32 Å². The van der Waals surface area contributed by atoms with E-state index in [4.69, 9.17) is 0 Å². The summed E-state index contributed by atoms with van der Waals surface area (Å²) in [6.07, 6.45) is -2.56. The topological polar surface area (TPSA) is 49.4 Å². The molecule has 1 atom stereocenters. The number of carbonyl (C=O) groups excluding carboxylic acids is 2. The number of likely N-dealkylation sites (tertiary alicyclic amines) is 1. The Balaban J connectivity index is 1.53. The standard InChI is InChI=1S/C22H28F4N2O2/c1-20(2,3)27-19(30)13-28-6-4-21(5-7-28)12-17(21)18(29)10-14-8-15(22(24,25)26)11-16(23)9-14/h8-9,11,17H,4-7,10,12-13H2,1-3H3,(H,27,30). The fourth-order valence-corrected chi connectivity index (χ4v) is 4.41. The van der Waals surface area contributed by atoms with Crippen LogP contribution in [0.4, 0.5) is 17.6 Å². The van der Waals surface area contributed by atoms with E-state index in [1.54, 1.807) is 0 Å². The number of amides is 1. The summed E-state index contributed by atoms with van der Waals surface area (Å²) < 4.78 is 52.2. The average molecular weight is 428 g/mol. The predicted octanol–water partition coefficient (Wildman–Crippen LogP) is 3.97. The van der Waals surface area contributed by atoms with Crippen LogP contribution in [-0.4, -0.2) is 41.8 Å². The number of hydrogen-bond acceptors (Lipinski definition) is 3. The van der Waals surface area contributed by atoms with E-state index in [-0.39, 0.29) is 40.5 Å². The van der Waals surface area contributed by atoms with Crippen molar-refractivity contribution in [2.75, 3.05) is 19.6 Å². The Labute approximate surface area is 174 Å². The van der Waals surface area contributed by atoms with Gasteiger partial charge < -0.3 is 5.32 Å². The van der Waals surface area contributed by atoms with Gasteiger partial charge in [0.15, 0.2) is 0 Å². The first-order valence-corrected chi connectivity index (χ1v) is 10.2. The van der Waals surface area contributed by atoms with E-state index in [9.17, 15) is 27.2 Å². The molecule has 0 radical (unpaired) electrons. The van der Waals surface area contributed by atoms with E-state index in [1.807, 2.05) is 20.8 Å². The van der Waals surface area contributed by atoms with Crippen LogP contribution in [0.1, 0.15) is 51.2 Å². The van der Waals surface area contributed by atoms with Crippen LogP contribution in [0.15, 0.2) is 18.2 Å². The summed E-state index contributed by atoms with van der Waals surface area (Å²) in [5.41, 5.74) is -1.41. The van der Waals surface area contributed by atoms with Crippen molar-refractivity contribution in [2.45, 2.75) is 58.2 Å². The molecule has 1 saturated heterocycles. The molecule has 1 unspecified atom stereocenters. The zero-order valence-electron chi connectivity index (χ0n) is 17.5. The van der Waals surface area contributed by atoms with Gasteiger partial charge in [0.25, 0.3) is 0 Å². The smallest absolute Gasteiger partial charge is 0.350 e. The van der Waals surface area contributed by atoms with Crippen molar-refractivity contribution in [3.05, 3.63) is 35.1 Å². The molecular weight excluding hydrogens is 400 g/mol. The first-order valence-electron chi connectivity index (χ1n) is 10.2. The van der Waals surface area contributed by atoms with Crippen LogP contribution in [-0.2, 0) is 22.2 Å². The molecule has 166 valence electrons. The minimum atomic E-state index is -4.65. The number of nitrogens with zero attached hydrogens (tertiary/aromatic N) is 1. The van der Waals surface area contributed by atoms with Gasteiger partial charge in [0, 0.05) is 17.9 Å². The van der Waals surface area contributed by atoms with E-state index >= 15 is 0 Å². The normalized spacial score (nSPS) is 21.5. The number of ketones is 1. The second kappa shape index (κ2) is 7.94. The summed E-state index contributed by atoms with van der Waals surface area (Å²) >= 11 is 0. The maximum Gasteiger partial charge on any atom is 0.416 e. The van der Waals surface area contributed by atoms with Crippen molar-refractivity contribution in [1.29, 1.82) is 0 Å². The number of hydrogen-bond donors (Lipinski definition) is 1. The number of benzene rings is 1. The lowest BCUT2D eigenvalue weighted by Crippen LogP contribution is -2.47. The van der Waals surface area contributed by atoms with Gasteiger partial charge in [0.2, 0.25) is 5.91 Å². The van der Waals surface area contributed by atoms with Gasteiger partial charge in [-0.15, -0.1) is 0 Å². The molecule has 0 bridgehead atoms. The molecule has 30 heavy (non-hydrogen) atoms. The van der Waals surface area contributed by atoms with Gasteiger partial charge in [0.1, 0.15) is 11.6 Å². The molecule has 1 aliphatic heterocycles. The Morgan fingerprint density at radius 1 is 1.13 bits per heavy atom. The number of carbonyl (C=O) groups is 2. The lowest BCUT2D eigenvalue weighted by atomic mass is 9.88. The van der Waals surface area contributed by atoms with E-state index in [0.29, 0.717) is 25.7 Å². The van der Waals surface area contributed by atoms with Gasteiger partial charge in [-0.3, -0.25) is 14.5 Å². The molecule has 1 N–H and O–H groups in total. The summed E-state index contributed by atoms with van der Waals surface area (Å²) in [4.78, 5) is 26.8. The van der Waals surface area contributed by atoms with Gasteiger partial charge >= 0.3 is 6.18 Å². The highest BCUT2D eigenvalue weighted by Gasteiger charge is 2.57. The molecule has 2 aliphatic rings. The summed E-state index contributed by atoms with van der Waals surface area (Å²) in [7, 11) is 0. The first-order chi connectivity index (χ1) is 13.8. The molecule has 3 rings (SSSR count).